The van der Waals surface area contributed by atoms with E-state index >= 15 is 0 Å². The van der Waals surface area contributed by atoms with E-state index in [9.17, 15) is 17.6 Å². The van der Waals surface area contributed by atoms with Crippen LogP contribution < -0.4 is 0 Å². The van der Waals surface area contributed by atoms with Crippen molar-refractivity contribution in [3.8, 4) is 0 Å². The summed E-state index contributed by atoms with van der Waals surface area (Å²) in [5.74, 6) is 0. The highest BCUT2D eigenvalue weighted by atomic mass is 35.5. The SMILES string of the molecule is ClC(Cl)c1ccc(C(Cl)Cl)cc1.F.FC(F)c1ccc(C(F)F)cc1. The Kier molecular flexibility index (Phi) is 11.4. The fourth-order valence-electron chi connectivity index (χ4n) is 1.57. The summed E-state index contributed by atoms with van der Waals surface area (Å²) >= 11 is 22.5. The second kappa shape index (κ2) is 11.8. The summed E-state index contributed by atoms with van der Waals surface area (Å²) in [5, 5.41) is 0. The van der Waals surface area contributed by atoms with Crippen LogP contribution in [-0.2, 0) is 0 Å². The van der Waals surface area contributed by atoms with Crippen LogP contribution in [0.2, 0.25) is 0 Å². The highest BCUT2D eigenvalue weighted by Gasteiger charge is 2.09. The third kappa shape index (κ3) is 8.45. The molecule has 0 aliphatic rings. The monoisotopic (exact) mass is 440 g/mol. The van der Waals surface area contributed by atoms with Gasteiger partial charge >= 0.3 is 0 Å². The molecule has 0 aromatic heterocycles. The van der Waals surface area contributed by atoms with E-state index in [4.69, 9.17) is 46.4 Å². The van der Waals surface area contributed by atoms with Gasteiger partial charge in [-0.3, -0.25) is 4.70 Å². The maximum Gasteiger partial charge on any atom is 0.263 e. The Morgan fingerprint density at radius 3 is 0.840 bits per heavy atom. The van der Waals surface area contributed by atoms with Gasteiger partial charge in [0.25, 0.3) is 12.9 Å². The van der Waals surface area contributed by atoms with Gasteiger partial charge in [-0.2, -0.15) is 0 Å². The molecule has 0 fully saturated rings. The predicted molar refractivity (Wildman–Crippen MR) is 94.2 cm³/mol. The molecule has 0 radical (unpaired) electrons. The molecule has 0 aliphatic carbocycles. The standard InChI is InChI=1S/C8H6Cl4.C8H6F4.FH/c2*9-7(10)5-1-2-6(4-3-5)8(11)12;/h2*1-4,7-8H;1H. The van der Waals surface area contributed by atoms with Crippen LogP contribution in [0.4, 0.5) is 22.3 Å². The molecule has 9 heteroatoms. The average Bonchev–Trinajstić information content (AvgIpc) is 2.55. The first-order chi connectivity index (χ1) is 11.2. The first kappa shape index (κ1) is 24.2. The van der Waals surface area contributed by atoms with E-state index in [1.165, 1.54) is 0 Å². The lowest BCUT2D eigenvalue weighted by Gasteiger charge is -2.04. The Balaban J connectivity index is 0.000000443. The maximum atomic E-state index is 11.9. The molecular formula is C16H13Cl4F5. The normalized spacial score (nSPS) is 10.7. The fourth-order valence-corrected chi connectivity index (χ4v) is 2.16. The Labute approximate surface area is 162 Å². The van der Waals surface area contributed by atoms with Crippen molar-refractivity contribution in [3.05, 3.63) is 70.8 Å². The summed E-state index contributed by atoms with van der Waals surface area (Å²) in [7, 11) is 0. The quantitative estimate of drug-likeness (QED) is 0.330. The molecule has 0 bridgehead atoms. The molecule has 0 heterocycles. The zero-order valence-corrected chi connectivity index (χ0v) is 15.4. The van der Waals surface area contributed by atoms with Crippen molar-refractivity contribution in [1.29, 1.82) is 0 Å². The summed E-state index contributed by atoms with van der Waals surface area (Å²) < 4.78 is 47.6. The lowest BCUT2D eigenvalue weighted by molar-refractivity contribution is 0.147. The molecule has 0 amide bonds. The summed E-state index contributed by atoms with van der Waals surface area (Å²) in [4.78, 5) is -0.994. The fraction of sp³-hybridized carbons (Fsp3) is 0.250. The molecule has 140 valence electrons. The topological polar surface area (TPSA) is 0 Å². The van der Waals surface area contributed by atoms with Crippen molar-refractivity contribution >= 4 is 46.4 Å². The maximum absolute atomic E-state index is 11.9. The van der Waals surface area contributed by atoms with Crippen LogP contribution in [0.5, 0.6) is 0 Å². The first-order valence-electron chi connectivity index (χ1n) is 6.54. The van der Waals surface area contributed by atoms with E-state index in [1.807, 2.05) is 0 Å². The Morgan fingerprint density at radius 2 is 0.680 bits per heavy atom. The highest BCUT2D eigenvalue weighted by Crippen LogP contribution is 2.29. The van der Waals surface area contributed by atoms with Crippen molar-refractivity contribution < 1.29 is 22.3 Å². The molecule has 2 aromatic carbocycles. The van der Waals surface area contributed by atoms with Gasteiger partial charge in [0, 0.05) is 11.1 Å². The molecule has 0 unspecified atom stereocenters. The zero-order chi connectivity index (χ0) is 18.3. The van der Waals surface area contributed by atoms with Crippen LogP contribution in [0.15, 0.2) is 48.5 Å². The van der Waals surface area contributed by atoms with Crippen LogP contribution in [-0.4, -0.2) is 0 Å². The van der Waals surface area contributed by atoms with Crippen LogP contribution in [0.25, 0.3) is 0 Å². The average molecular weight is 442 g/mol. The number of rotatable bonds is 4. The smallest absolute Gasteiger partial charge is 0.263 e. The van der Waals surface area contributed by atoms with E-state index in [0.717, 1.165) is 35.4 Å². The van der Waals surface area contributed by atoms with Gasteiger partial charge in [0.15, 0.2) is 0 Å². The van der Waals surface area contributed by atoms with E-state index < -0.39 is 22.5 Å². The van der Waals surface area contributed by atoms with E-state index in [2.05, 4.69) is 0 Å². The minimum atomic E-state index is -2.60. The predicted octanol–water partition coefficient (Wildman–Crippen LogP) is 8.35. The summed E-state index contributed by atoms with van der Waals surface area (Å²) in [6.07, 6.45) is -5.20. The number of alkyl halides is 8. The molecule has 0 nitrogen and oxygen atoms in total. The minimum Gasteiger partial charge on any atom is -0.269 e. The number of hydrogen-bond donors (Lipinski definition) is 0. The molecule has 25 heavy (non-hydrogen) atoms. The van der Waals surface area contributed by atoms with Gasteiger partial charge in [-0.15, -0.1) is 46.4 Å². The largest absolute Gasteiger partial charge is 0.269 e. The molecule has 2 rings (SSSR count). The molecule has 0 atom stereocenters. The van der Waals surface area contributed by atoms with Crippen molar-refractivity contribution in [2.45, 2.75) is 22.5 Å². The van der Waals surface area contributed by atoms with Gasteiger partial charge in [-0.05, 0) is 11.1 Å². The van der Waals surface area contributed by atoms with E-state index in [0.29, 0.717) is 0 Å². The second-order valence-corrected chi connectivity index (χ2v) is 6.73. The molecular weight excluding hydrogens is 429 g/mol. The number of hydrogen-bond acceptors (Lipinski definition) is 0. The van der Waals surface area contributed by atoms with Gasteiger partial charge in [0.05, 0.1) is 0 Å². The van der Waals surface area contributed by atoms with E-state index in [-0.39, 0.29) is 15.8 Å². The van der Waals surface area contributed by atoms with Gasteiger partial charge in [0.2, 0.25) is 0 Å². The lowest BCUT2D eigenvalue weighted by atomic mass is 10.1. The van der Waals surface area contributed by atoms with Crippen LogP contribution in [0, 0.1) is 0 Å². The molecule has 0 saturated heterocycles. The van der Waals surface area contributed by atoms with Crippen molar-refractivity contribution in [3.63, 3.8) is 0 Å². The number of halogens is 9. The zero-order valence-electron chi connectivity index (χ0n) is 12.4. The van der Waals surface area contributed by atoms with Crippen molar-refractivity contribution in [2.75, 3.05) is 0 Å². The second-order valence-electron chi connectivity index (χ2n) is 4.54. The molecule has 0 saturated carbocycles. The van der Waals surface area contributed by atoms with E-state index in [1.54, 1.807) is 24.3 Å². The lowest BCUT2D eigenvalue weighted by Crippen LogP contribution is -1.87. The van der Waals surface area contributed by atoms with Crippen molar-refractivity contribution in [2.24, 2.45) is 0 Å². The Bertz CT molecular complexity index is 491. The summed E-state index contributed by atoms with van der Waals surface area (Å²) in [5.41, 5.74) is 1.21. The molecule has 0 N–H and O–H groups in total. The van der Waals surface area contributed by atoms with Crippen molar-refractivity contribution in [1.82, 2.24) is 0 Å². The van der Waals surface area contributed by atoms with Gasteiger partial charge < -0.3 is 0 Å². The molecule has 2 aromatic rings. The minimum absolute atomic E-state index is 0. The van der Waals surface area contributed by atoms with Crippen LogP contribution >= 0.6 is 46.4 Å². The van der Waals surface area contributed by atoms with Crippen LogP contribution in [0.1, 0.15) is 44.8 Å². The Hall–Kier alpha value is -0.750. The molecule has 0 spiro atoms. The van der Waals surface area contributed by atoms with Gasteiger partial charge in [0.1, 0.15) is 9.67 Å². The first-order valence-corrected chi connectivity index (χ1v) is 8.29. The summed E-state index contributed by atoms with van der Waals surface area (Å²) in [6.45, 7) is 0. The van der Waals surface area contributed by atoms with Crippen LogP contribution in [0.3, 0.4) is 0 Å². The Morgan fingerprint density at radius 1 is 0.480 bits per heavy atom. The number of benzene rings is 2. The van der Waals surface area contributed by atoms with Gasteiger partial charge in [-0.1, -0.05) is 48.5 Å². The summed E-state index contributed by atoms with van der Waals surface area (Å²) in [6, 6.07) is 11.2. The highest BCUT2D eigenvalue weighted by molar-refractivity contribution is 6.44. The molecule has 0 aliphatic heterocycles. The third-order valence-electron chi connectivity index (χ3n) is 2.88. The third-order valence-corrected chi connectivity index (χ3v) is 3.89. The van der Waals surface area contributed by atoms with Gasteiger partial charge in [-0.25, -0.2) is 17.6 Å².